The summed E-state index contributed by atoms with van der Waals surface area (Å²) in [5, 5.41) is 16.6. The van der Waals surface area contributed by atoms with Gasteiger partial charge in [0, 0.05) is 12.7 Å². The van der Waals surface area contributed by atoms with Crippen LogP contribution in [0.4, 0.5) is 5.82 Å². The minimum Gasteiger partial charge on any atom is -0.463 e. The van der Waals surface area contributed by atoms with Crippen molar-refractivity contribution in [2.24, 2.45) is 0 Å². The Labute approximate surface area is 114 Å². The summed E-state index contributed by atoms with van der Waals surface area (Å²) in [6, 6.07) is 3.48. The van der Waals surface area contributed by atoms with Crippen molar-refractivity contribution in [3.8, 4) is 0 Å². The van der Waals surface area contributed by atoms with Gasteiger partial charge in [0.2, 0.25) is 5.82 Å². The Kier molecular flexibility index (Phi) is 4.43. The summed E-state index contributed by atoms with van der Waals surface area (Å²) >= 11 is 1.52. The molecule has 0 spiro atoms. The van der Waals surface area contributed by atoms with E-state index in [1.807, 2.05) is 16.8 Å². The molecular weight excluding hydrogens is 266 g/mol. The van der Waals surface area contributed by atoms with Crippen LogP contribution in [-0.2, 0) is 4.74 Å². The third-order valence-corrected chi connectivity index (χ3v) is 3.13. The largest absolute Gasteiger partial charge is 0.463 e. The number of carbonyl (C=O) groups is 1. The molecule has 6 nitrogen and oxygen atoms in total. The van der Waals surface area contributed by atoms with Gasteiger partial charge >= 0.3 is 5.97 Å². The second-order valence-corrected chi connectivity index (χ2v) is 4.49. The van der Waals surface area contributed by atoms with E-state index in [1.165, 1.54) is 24.6 Å². The van der Waals surface area contributed by atoms with E-state index in [0.717, 1.165) is 5.56 Å². The standard InChI is InChI=1S/C12H13N3O3S/c1-18-12(17)11-13-4-2-10(15-11)14-6-9(16)8-3-5-19-7-8/h2-5,7,9,16H,6H2,1H3,(H,13,14,15). The quantitative estimate of drug-likeness (QED) is 0.806. The van der Waals surface area contributed by atoms with Crippen molar-refractivity contribution in [2.75, 3.05) is 19.0 Å². The van der Waals surface area contributed by atoms with Crippen LogP contribution in [0.1, 0.15) is 22.3 Å². The molecule has 2 N–H and O–H groups in total. The first kappa shape index (κ1) is 13.4. The van der Waals surface area contributed by atoms with Crippen LogP contribution in [0.3, 0.4) is 0 Å². The van der Waals surface area contributed by atoms with Gasteiger partial charge < -0.3 is 15.2 Å². The number of anilines is 1. The van der Waals surface area contributed by atoms with Crippen LogP contribution in [0, 0.1) is 0 Å². The van der Waals surface area contributed by atoms with Gasteiger partial charge in [0.25, 0.3) is 0 Å². The second-order valence-electron chi connectivity index (χ2n) is 3.71. The van der Waals surface area contributed by atoms with Gasteiger partial charge in [0.15, 0.2) is 0 Å². The monoisotopic (exact) mass is 279 g/mol. The number of rotatable bonds is 5. The number of ether oxygens (including phenoxy) is 1. The van der Waals surface area contributed by atoms with Gasteiger partial charge in [-0.2, -0.15) is 11.3 Å². The third-order valence-electron chi connectivity index (χ3n) is 2.43. The summed E-state index contributed by atoms with van der Waals surface area (Å²) in [6.45, 7) is 0.300. The van der Waals surface area contributed by atoms with E-state index in [2.05, 4.69) is 20.0 Å². The van der Waals surface area contributed by atoms with E-state index in [1.54, 1.807) is 6.07 Å². The SMILES string of the molecule is COC(=O)c1nccc(NCC(O)c2ccsc2)n1. The Hall–Kier alpha value is -1.99. The van der Waals surface area contributed by atoms with Gasteiger partial charge in [-0.05, 0) is 28.5 Å². The zero-order valence-corrected chi connectivity index (χ0v) is 11.1. The maximum absolute atomic E-state index is 11.3. The van der Waals surface area contributed by atoms with Gasteiger partial charge in [-0.15, -0.1) is 0 Å². The number of hydrogen-bond acceptors (Lipinski definition) is 7. The van der Waals surface area contributed by atoms with Crippen molar-refractivity contribution in [1.29, 1.82) is 0 Å². The van der Waals surface area contributed by atoms with Crippen LogP contribution in [0.15, 0.2) is 29.1 Å². The van der Waals surface area contributed by atoms with Crippen molar-refractivity contribution in [2.45, 2.75) is 6.10 Å². The summed E-state index contributed by atoms with van der Waals surface area (Å²) in [4.78, 5) is 19.1. The topological polar surface area (TPSA) is 84.3 Å². The fraction of sp³-hybridized carbons (Fsp3) is 0.250. The highest BCUT2D eigenvalue weighted by molar-refractivity contribution is 7.07. The summed E-state index contributed by atoms with van der Waals surface area (Å²) in [7, 11) is 1.27. The Morgan fingerprint density at radius 1 is 1.58 bits per heavy atom. The molecule has 2 aromatic heterocycles. The zero-order chi connectivity index (χ0) is 13.7. The third kappa shape index (κ3) is 3.49. The van der Waals surface area contributed by atoms with Crippen LogP contribution >= 0.6 is 11.3 Å². The minimum atomic E-state index is -0.622. The van der Waals surface area contributed by atoms with Gasteiger partial charge in [-0.3, -0.25) is 0 Å². The van der Waals surface area contributed by atoms with E-state index in [0.29, 0.717) is 12.4 Å². The van der Waals surface area contributed by atoms with E-state index < -0.39 is 12.1 Å². The van der Waals surface area contributed by atoms with Crippen LogP contribution in [0.5, 0.6) is 0 Å². The molecule has 0 amide bonds. The second kappa shape index (κ2) is 6.26. The van der Waals surface area contributed by atoms with Crippen molar-refractivity contribution < 1.29 is 14.6 Å². The number of nitrogens with one attached hydrogen (secondary N) is 1. The van der Waals surface area contributed by atoms with Crippen LogP contribution in [0.2, 0.25) is 0 Å². The highest BCUT2D eigenvalue weighted by Gasteiger charge is 2.11. The molecule has 0 aromatic carbocycles. The number of carbonyl (C=O) groups excluding carboxylic acids is 1. The van der Waals surface area contributed by atoms with E-state index in [-0.39, 0.29) is 5.82 Å². The summed E-state index contributed by atoms with van der Waals surface area (Å²) < 4.78 is 4.54. The Morgan fingerprint density at radius 3 is 3.11 bits per heavy atom. The number of esters is 1. The van der Waals surface area contributed by atoms with Crippen molar-refractivity contribution in [1.82, 2.24) is 9.97 Å². The number of aliphatic hydroxyl groups is 1. The van der Waals surface area contributed by atoms with E-state index in [9.17, 15) is 9.90 Å². The predicted molar refractivity (Wildman–Crippen MR) is 71.1 cm³/mol. The Bertz CT molecular complexity index is 545. The molecule has 0 radical (unpaired) electrons. The maximum atomic E-state index is 11.3. The molecule has 19 heavy (non-hydrogen) atoms. The average molecular weight is 279 g/mol. The van der Waals surface area contributed by atoms with Crippen LogP contribution in [0.25, 0.3) is 0 Å². The average Bonchev–Trinajstić information content (AvgIpc) is 2.98. The molecule has 0 aliphatic rings. The molecular formula is C12H13N3O3S. The fourth-order valence-corrected chi connectivity index (χ4v) is 2.14. The van der Waals surface area contributed by atoms with Gasteiger partial charge in [-0.1, -0.05) is 0 Å². The van der Waals surface area contributed by atoms with Crippen molar-refractivity contribution in [3.05, 3.63) is 40.5 Å². The lowest BCUT2D eigenvalue weighted by Gasteiger charge is -2.11. The molecule has 0 saturated carbocycles. The molecule has 0 aliphatic carbocycles. The molecule has 2 rings (SSSR count). The predicted octanol–water partition coefficient (Wildman–Crippen LogP) is 1.47. The summed E-state index contributed by atoms with van der Waals surface area (Å²) in [5.41, 5.74) is 0.847. The van der Waals surface area contributed by atoms with Gasteiger partial charge in [-0.25, -0.2) is 14.8 Å². The van der Waals surface area contributed by atoms with E-state index >= 15 is 0 Å². The highest BCUT2D eigenvalue weighted by Crippen LogP contribution is 2.16. The fourth-order valence-electron chi connectivity index (χ4n) is 1.43. The molecule has 1 atom stereocenters. The van der Waals surface area contributed by atoms with Gasteiger partial charge in [0.05, 0.1) is 13.2 Å². The molecule has 0 fully saturated rings. The number of methoxy groups -OCH3 is 1. The lowest BCUT2D eigenvalue weighted by molar-refractivity contribution is 0.0587. The smallest absolute Gasteiger partial charge is 0.376 e. The number of aromatic nitrogens is 2. The summed E-state index contributed by atoms with van der Waals surface area (Å²) in [5.74, 6) is -0.149. The number of thiophene rings is 1. The first-order chi connectivity index (χ1) is 9.20. The maximum Gasteiger partial charge on any atom is 0.376 e. The molecule has 0 saturated heterocycles. The number of aliphatic hydroxyl groups excluding tert-OH is 1. The van der Waals surface area contributed by atoms with Gasteiger partial charge in [0.1, 0.15) is 5.82 Å². The summed E-state index contributed by atoms with van der Waals surface area (Å²) in [6.07, 6.45) is 0.834. The zero-order valence-electron chi connectivity index (χ0n) is 10.2. The molecule has 0 bridgehead atoms. The molecule has 1 unspecified atom stereocenters. The highest BCUT2D eigenvalue weighted by atomic mass is 32.1. The lowest BCUT2D eigenvalue weighted by atomic mass is 10.2. The number of nitrogens with zero attached hydrogens (tertiary/aromatic N) is 2. The normalized spacial score (nSPS) is 11.9. The molecule has 2 aromatic rings. The Balaban J connectivity index is 1.98. The first-order valence-corrected chi connectivity index (χ1v) is 6.50. The molecule has 7 heteroatoms. The van der Waals surface area contributed by atoms with Crippen LogP contribution < -0.4 is 5.32 Å². The lowest BCUT2D eigenvalue weighted by Crippen LogP contribution is -2.14. The number of hydrogen-bond donors (Lipinski definition) is 2. The van der Waals surface area contributed by atoms with Crippen molar-refractivity contribution in [3.63, 3.8) is 0 Å². The first-order valence-electron chi connectivity index (χ1n) is 5.56. The van der Waals surface area contributed by atoms with E-state index in [4.69, 9.17) is 0 Å². The molecule has 2 heterocycles. The Morgan fingerprint density at radius 2 is 2.42 bits per heavy atom. The molecule has 100 valence electrons. The minimum absolute atomic E-state index is 0.0162. The van der Waals surface area contributed by atoms with Crippen LogP contribution in [-0.4, -0.2) is 34.7 Å². The van der Waals surface area contributed by atoms with Crippen molar-refractivity contribution >= 4 is 23.1 Å². The molecule has 0 aliphatic heterocycles.